The van der Waals surface area contributed by atoms with Gasteiger partial charge in [-0.05, 0) is 12.5 Å². The van der Waals surface area contributed by atoms with Crippen molar-refractivity contribution in [3.63, 3.8) is 0 Å². The molecule has 0 aromatic heterocycles. The molecule has 1 aliphatic rings. The minimum absolute atomic E-state index is 0.186. The molecule has 1 aromatic carbocycles. The van der Waals surface area contributed by atoms with Crippen molar-refractivity contribution in [2.24, 2.45) is 0 Å². The predicted octanol–water partition coefficient (Wildman–Crippen LogP) is 1.15. The molecule has 0 saturated carbocycles. The third-order valence-electron chi connectivity index (χ3n) is 3.48. The molecule has 1 heterocycles. The van der Waals surface area contributed by atoms with E-state index in [9.17, 15) is 9.59 Å². The highest BCUT2D eigenvalue weighted by atomic mass is 16.5. The molecule has 5 heteroatoms. The fourth-order valence-corrected chi connectivity index (χ4v) is 2.39. The molecule has 3 atom stereocenters. The molecule has 5 nitrogen and oxygen atoms in total. The van der Waals surface area contributed by atoms with Crippen LogP contribution in [0, 0.1) is 0 Å². The van der Waals surface area contributed by atoms with Crippen molar-refractivity contribution in [1.29, 1.82) is 0 Å². The van der Waals surface area contributed by atoms with Gasteiger partial charge in [-0.25, -0.2) is 4.79 Å². The van der Waals surface area contributed by atoms with Crippen molar-refractivity contribution < 1.29 is 19.1 Å². The number of hydrogen-bond donors (Lipinski definition) is 0. The van der Waals surface area contributed by atoms with Crippen LogP contribution in [0.15, 0.2) is 30.3 Å². The topological polar surface area (TPSA) is 55.8 Å². The monoisotopic (exact) mass is 263 g/mol. The van der Waals surface area contributed by atoms with E-state index < -0.39 is 18.1 Å². The summed E-state index contributed by atoms with van der Waals surface area (Å²) in [7, 11) is 2.73. The largest absolute Gasteiger partial charge is 0.467 e. The number of β-lactam (4-membered cyclic amide) rings is 1. The number of likely N-dealkylation sites (tertiary alicyclic amines) is 1. The number of esters is 1. The van der Waals surface area contributed by atoms with Gasteiger partial charge in [0.15, 0.2) is 12.1 Å². The smallest absolute Gasteiger partial charge is 0.331 e. The lowest BCUT2D eigenvalue weighted by atomic mass is 9.92. The van der Waals surface area contributed by atoms with Gasteiger partial charge in [0.2, 0.25) is 0 Å². The fraction of sp³-hybridized carbons (Fsp3) is 0.429. The first-order chi connectivity index (χ1) is 9.11. The number of methoxy groups -OCH3 is 2. The van der Waals surface area contributed by atoms with Gasteiger partial charge in [0.1, 0.15) is 0 Å². The Balaban J connectivity index is 2.23. The van der Waals surface area contributed by atoms with Gasteiger partial charge < -0.3 is 14.4 Å². The minimum Gasteiger partial charge on any atom is -0.467 e. The van der Waals surface area contributed by atoms with Gasteiger partial charge >= 0.3 is 5.97 Å². The van der Waals surface area contributed by atoms with Crippen LogP contribution in [0.4, 0.5) is 0 Å². The van der Waals surface area contributed by atoms with Gasteiger partial charge in [0.25, 0.3) is 5.91 Å². The first-order valence-electron chi connectivity index (χ1n) is 6.09. The van der Waals surface area contributed by atoms with Gasteiger partial charge in [-0.3, -0.25) is 4.79 Å². The van der Waals surface area contributed by atoms with E-state index >= 15 is 0 Å². The van der Waals surface area contributed by atoms with E-state index in [1.807, 2.05) is 37.3 Å². The molecular formula is C14H17NO4. The number of benzene rings is 1. The molecular weight excluding hydrogens is 246 g/mol. The van der Waals surface area contributed by atoms with Crippen LogP contribution < -0.4 is 0 Å². The Morgan fingerprint density at radius 2 is 1.89 bits per heavy atom. The molecule has 0 N–H and O–H groups in total. The van der Waals surface area contributed by atoms with Gasteiger partial charge in [0.05, 0.1) is 13.2 Å². The number of amides is 1. The van der Waals surface area contributed by atoms with E-state index in [-0.39, 0.29) is 11.9 Å². The maximum Gasteiger partial charge on any atom is 0.331 e. The highest BCUT2D eigenvalue weighted by Gasteiger charge is 2.54. The average Bonchev–Trinajstić information content (AvgIpc) is 2.45. The molecule has 1 aromatic rings. The highest BCUT2D eigenvalue weighted by Crippen LogP contribution is 2.33. The van der Waals surface area contributed by atoms with Gasteiger partial charge in [0, 0.05) is 7.11 Å². The summed E-state index contributed by atoms with van der Waals surface area (Å²) in [5.74, 6) is -0.636. The Morgan fingerprint density at radius 3 is 2.42 bits per heavy atom. The summed E-state index contributed by atoms with van der Waals surface area (Å²) in [6.07, 6.45) is -0.737. The third-order valence-corrected chi connectivity index (χ3v) is 3.48. The Kier molecular flexibility index (Phi) is 3.85. The van der Waals surface area contributed by atoms with Crippen molar-refractivity contribution in [1.82, 2.24) is 4.90 Å². The zero-order valence-electron chi connectivity index (χ0n) is 11.2. The third kappa shape index (κ3) is 2.21. The average molecular weight is 263 g/mol. The SMILES string of the molecule is COC(=O)[C@H]1[C@@H](OC)C(=O)N1C(C)c1ccccc1. The van der Waals surface area contributed by atoms with E-state index in [1.165, 1.54) is 19.1 Å². The lowest BCUT2D eigenvalue weighted by Crippen LogP contribution is -2.69. The summed E-state index contributed by atoms with van der Waals surface area (Å²) in [6.45, 7) is 1.88. The molecule has 1 fully saturated rings. The Bertz CT molecular complexity index is 474. The van der Waals surface area contributed by atoms with Crippen molar-refractivity contribution in [3.8, 4) is 0 Å². The van der Waals surface area contributed by atoms with Crippen molar-refractivity contribution in [2.75, 3.05) is 14.2 Å². The predicted molar refractivity (Wildman–Crippen MR) is 68.3 cm³/mol. The van der Waals surface area contributed by atoms with Crippen LogP contribution in [0.1, 0.15) is 18.5 Å². The molecule has 0 bridgehead atoms. The van der Waals surface area contributed by atoms with E-state index in [4.69, 9.17) is 9.47 Å². The molecule has 1 unspecified atom stereocenters. The molecule has 0 spiro atoms. The minimum atomic E-state index is -0.737. The second-order valence-corrected chi connectivity index (χ2v) is 4.46. The zero-order valence-corrected chi connectivity index (χ0v) is 11.2. The number of carbonyl (C=O) groups excluding carboxylic acids is 2. The van der Waals surface area contributed by atoms with Crippen LogP contribution in [0.2, 0.25) is 0 Å². The first kappa shape index (κ1) is 13.5. The number of rotatable bonds is 4. The van der Waals surface area contributed by atoms with Crippen molar-refractivity contribution in [3.05, 3.63) is 35.9 Å². The lowest BCUT2D eigenvalue weighted by molar-refractivity contribution is -0.188. The zero-order chi connectivity index (χ0) is 14.0. The fourth-order valence-electron chi connectivity index (χ4n) is 2.39. The first-order valence-corrected chi connectivity index (χ1v) is 6.09. The van der Waals surface area contributed by atoms with Gasteiger partial charge in [-0.2, -0.15) is 0 Å². The molecule has 1 amide bonds. The van der Waals surface area contributed by atoms with E-state index in [2.05, 4.69) is 0 Å². The Labute approximate surface area is 112 Å². The van der Waals surface area contributed by atoms with Crippen LogP contribution in [0.3, 0.4) is 0 Å². The van der Waals surface area contributed by atoms with Crippen LogP contribution >= 0.6 is 0 Å². The van der Waals surface area contributed by atoms with Crippen LogP contribution in [0.25, 0.3) is 0 Å². The summed E-state index contributed by atoms with van der Waals surface area (Å²) in [5, 5.41) is 0. The Morgan fingerprint density at radius 1 is 1.26 bits per heavy atom. The van der Waals surface area contributed by atoms with Gasteiger partial charge in [-0.15, -0.1) is 0 Å². The second-order valence-electron chi connectivity index (χ2n) is 4.46. The number of nitrogens with zero attached hydrogens (tertiary/aromatic N) is 1. The molecule has 0 radical (unpaired) electrons. The molecule has 2 rings (SSSR count). The number of hydrogen-bond acceptors (Lipinski definition) is 4. The molecule has 1 aliphatic heterocycles. The van der Waals surface area contributed by atoms with Crippen molar-refractivity contribution in [2.45, 2.75) is 25.1 Å². The summed E-state index contributed by atoms with van der Waals surface area (Å²) in [4.78, 5) is 25.3. The maximum absolute atomic E-state index is 12.0. The molecule has 19 heavy (non-hydrogen) atoms. The van der Waals surface area contributed by atoms with Gasteiger partial charge in [-0.1, -0.05) is 30.3 Å². The van der Waals surface area contributed by atoms with Crippen LogP contribution in [-0.4, -0.2) is 43.1 Å². The summed E-state index contributed by atoms with van der Waals surface area (Å²) < 4.78 is 9.80. The van der Waals surface area contributed by atoms with E-state index in [0.29, 0.717) is 0 Å². The van der Waals surface area contributed by atoms with E-state index in [0.717, 1.165) is 5.56 Å². The molecule has 102 valence electrons. The van der Waals surface area contributed by atoms with Crippen LogP contribution in [-0.2, 0) is 19.1 Å². The summed E-state index contributed by atoms with van der Waals surface area (Å²) >= 11 is 0. The number of carbonyl (C=O) groups is 2. The molecule has 1 saturated heterocycles. The Hall–Kier alpha value is -1.88. The standard InChI is InChI=1S/C14H17NO4/c1-9(10-7-5-4-6-8-10)15-11(14(17)19-3)12(18-2)13(15)16/h4-9,11-12H,1-3H3/t9?,11-,12-/m1/s1. The quantitative estimate of drug-likeness (QED) is 0.604. The molecule has 0 aliphatic carbocycles. The highest BCUT2D eigenvalue weighted by molar-refractivity contribution is 5.99. The summed E-state index contributed by atoms with van der Waals surface area (Å²) in [5.41, 5.74) is 0.972. The van der Waals surface area contributed by atoms with E-state index in [1.54, 1.807) is 0 Å². The second kappa shape index (κ2) is 5.40. The maximum atomic E-state index is 12.0. The van der Waals surface area contributed by atoms with Crippen LogP contribution in [0.5, 0.6) is 0 Å². The summed E-state index contributed by atoms with van der Waals surface area (Å²) in [6, 6.07) is 8.69. The van der Waals surface area contributed by atoms with Crippen molar-refractivity contribution >= 4 is 11.9 Å². The lowest BCUT2D eigenvalue weighted by Gasteiger charge is -2.47. The number of ether oxygens (including phenoxy) is 2. The normalized spacial score (nSPS) is 23.7.